The number of pyridine rings is 1. The van der Waals surface area contributed by atoms with Gasteiger partial charge in [-0.25, -0.2) is 0 Å². The second kappa shape index (κ2) is 12.7. The number of nitrogens with zero attached hydrogens (tertiary/aromatic N) is 3. The van der Waals surface area contributed by atoms with Crippen LogP contribution in [0.2, 0.25) is 0 Å². The molecule has 1 saturated heterocycles. The summed E-state index contributed by atoms with van der Waals surface area (Å²) in [5.74, 6) is 0.0185. The van der Waals surface area contributed by atoms with Gasteiger partial charge in [0.25, 0.3) is 5.91 Å². The molecule has 1 saturated carbocycles. The van der Waals surface area contributed by atoms with Gasteiger partial charge in [0, 0.05) is 61.6 Å². The van der Waals surface area contributed by atoms with Crippen molar-refractivity contribution >= 4 is 11.8 Å². The second-order valence-corrected chi connectivity index (χ2v) is 11.0. The Morgan fingerprint density at radius 3 is 2.38 bits per heavy atom. The predicted molar refractivity (Wildman–Crippen MR) is 156 cm³/mol. The first-order chi connectivity index (χ1) is 19.4. The summed E-state index contributed by atoms with van der Waals surface area (Å²) in [6.07, 6.45) is 2.87. The average molecular weight is 542 g/mol. The van der Waals surface area contributed by atoms with Gasteiger partial charge in [-0.05, 0) is 55.8 Å². The molecule has 8 heteroatoms. The van der Waals surface area contributed by atoms with Crippen LogP contribution in [0.1, 0.15) is 35.3 Å². The van der Waals surface area contributed by atoms with E-state index in [1.165, 1.54) is 0 Å². The summed E-state index contributed by atoms with van der Waals surface area (Å²) in [6.45, 7) is 6.34. The molecular formula is C32H39N5O3. The Morgan fingerprint density at radius 1 is 0.975 bits per heavy atom. The highest BCUT2D eigenvalue weighted by molar-refractivity contribution is 5.98. The topological polar surface area (TPSA) is 86.8 Å². The highest BCUT2D eigenvalue weighted by atomic mass is 16.5. The predicted octanol–water partition coefficient (Wildman–Crippen LogP) is 3.17. The lowest BCUT2D eigenvalue weighted by molar-refractivity contribution is -0.136. The van der Waals surface area contributed by atoms with E-state index in [-0.39, 0.29) is 24.0 Å². The molecule has 0 bridgehead atoms. The van der Waals surface area contributed by atoms with Crippen LogP contribution in [0.25, 0.3) is 11.1 Å². The lowest BCUT2D eigenvalue weighted by atomic mass is 10.0. The van der Waals surface area contributed by atoms with Crippen LogP contribution in [0.15, 0.2) is 79.0 Å². The van der Waals surface area contributed by atoms with Crippen molar-refractivity contribution in [2.75, 3.05) is 53.0 Å². The summed E-state index contributed by atoms with van der Waals surface area (Å²) in [5, 5.41) is 6.54. The molecule has 1 aliphatic carbocycles. The number of nitrogens with one attached hydrogen (secondary N) is 2. The number of hydrogen-bond donors (Lipinski definition) is 2. The summed E-state index contributed by atoms with van der Waals surface area (Å²) in [7, 11) is 2.05. The first kappa shape index (κ1) is 28.0. The zero-order valence-electron chi connectivity index (χ0n) is 23.4. The number of carbonyl (C=O) groups excluding carboxylic acids is 2. The number of piperazine rings is 1. The van der Waals surface area contributed by atoms with E-state index >= 15 is 0 Å². The molecule has 2 fully saturated rings. The van der Waals surface area contributed by atoms with E-state index in [2.05, 4.69) is 40.6 Å². The number of ether oxygens (including phenoxy) is 1. The Labute approximate surface area is 236 Å². The molecule has 2 aliphatic rings. The van der Waals surface area contributed by atoms with E-state index in [0.29, 0.717) is 37.7 Å². The smallest absolute Gasteiger partial charge is 0.251 e. The molecule has 2 heterocycles. The van der Waals surface area contributed by atoms with E-state index in [0.717, 1.165) is 36.3 Å². The molecule has 0 spiro atoms. The Balaban J connectivity index is 1.16. The maximum absolute atomic E-state index is 13.4. The van der Waals surface area contributed by atoms with Crippen molar-refractivity contribution in [1.82, 2.24) is 25.4 Å². The molecule has 1 aliphatic heterocycles. The molecule has 40 heavy (non-hydrogen) atoms. The lowest BCUT2D eigenvalue weighted by Crippen LogP contribution is -2.55. The fraction of sp³-hybridized carbons (Fsp3) is 0.406. The molecule has 8 nitrogen and oxygen atoms in total. The highest BCUT2D eigenvalue weighted by Crippen LogP contribution is 2.50. The van der Waals surface area contributed by atoms with Gasteiger partial charge in [-0.1, -0.05) is 48.5 Å². The lowest BCUT2D eigenvalue weighted by Gasteiger charge is -2.34. The molecule has 2 amide bonds. The van der Waals surface area contributed by atoms with Gasteiger partial charge in [0.15, 0.2) is 0 Å². The number of benzene rings is 2. The summed E-state index contributed by atoms with van der Waals surface area (Å²) < 4.78 is 5.96. The van der Waals surface area contributed by atoms with E-state index in [4.69, 9.17) is 4.74 Å². The van der Waals surface area contributed by atoms with Crippen molar-refractivity contribution in [1.29, 1.82) is 0 Å². The minimum atomic E-state index is -0.748. The van der Waals surface area contributed by atoms with Crippen LogP contribution in [-0.2, 0) is 9.53 Å². The molecular weight excluding hydrogens is 502 g/mol. The van der Waals surface area contributed by atoms with Crippen LogP contribution >= 0.6 is 0 Å². The van der Waals surface area contributed by atoms with Crippen LogP contribution in [0.4, 0.5) is 0 Å². The van der Waals surface area contributed by atoms with Crippen molar-refractivity contribution in [2.45, 2.75) is 30.8 Å². The number of carbonyl (C=O) groups is 2. The highest BCUT2D eigenvalue weighted by Gasteiger charge is 2.51. The van der Waals surface area contributed by atoms with Gasteiger partial charge in [0.05, 0.1) is 13.2 Å². The minimum Gasteiger partial charge on any atom is -0.377 e. The maximum atomic E-state index is 13.4. The van der Waals surface area contributed by atoms with Crippen LogP contribution in [-0.4, -0.2) is 91.2 Å². The van der Waals surface area contributed by atoms with E-state index in [9.17, 15) is 9.59 Å². The number of rotatable bonds is 11. The molecule has 3 aromatic rings. The molecule has 0 radical (unpaired) electrons. The number of aromatic nitrogens is 1. The third-order valence-corrected chi connectivity index (χ3v) is 8.01. The van der Waals surface area contributed by atoms with Crippen LogP contribution in [0.5, 0.6) is 0 Å². The normalized spacial score (nSPS) is 21.6. The SMILES string of the molecule is CN1CCN(C(=O)[C@H](COCCN[C@]2(C)C[C@H]2c2ccccn2)NC(=O)c2ccc(-c3ccccc3)cc2)CC1. The van der Waals surface area contributed by atoms with Gasteiger partial charge >= 0.3 is 0 Å². The van der Waals surface area contributed by atoms with Crippen molar-refractivity contribution in [3.63, 3.8) is 0 Å². The summed E-state index contributed by atoms with van der Waals surface area (Å²) in [4.78, 5) is 35.1. The van der Waals surface area contributed by atoms with Gasteiger partial charge < -0.3 is 25.2 Å². The van der Waals surface area contributed by atoms with E-state index in [1.54, 1.807) is 12.1 Å². The van der Waals surface area contributed by atoms with Gasteiger partial charge in [-0.2, -0.15) is 0 Å². The zero-order valence-corrected chi connectivity index (χ0v) is 23.4. The largest absolute Gasteiger partial charge is 0.377 e. The van der Waals surface area contributed by atoms with Gasteiger partial charge in [-0.3, -0.25) is 14.6 Å². The fourth-order valence-corrected chi connectivity index (χ4v) is 5.29. The van der Waals surface area contributed by atoms with Crippen LogP contribution < -0.4 is 10.6 Å². The average Bonchev–Trinajstić information content (AvgIpc) is 3.68. The maximum Gasteiger partial charge on any atom is 0.251 e. The van der Waals surface area contributed by atoms with Gasteiger partial charge in [-0.15, -0.1) is 0 Å². The Morgan fingerprint density at radius 2 is 1.68 bits per heavy atom. The van der Waals surface area contributed by atoms with Crippen molar-refractivity contribution in [3.8, 4) is 11.1 Å². The third kappa shape index (κ3) is 6.94. The number of hydrogen-bond acceptors (Lipinski definition) is 6. The quantitative estimate of drug-likeness (QED) is 0.363. The molecule has 3 atom stereocenters. The Bertz CT molecular complexity index is 1260. The third-order valence-electron chi connectivity index (χ3n) is 8.01. The molecule has 2 N–H and O–H groups in total. The van der Waals surface area contributed by atoms with E-state index < -0.39 is 6.04 Å². The monoisotopic (exact) mass is 541 g/mol. The number of likely N-dealkylation sites (N-methyl/N-ethyl adjacent to an activating group) is 1. The zero-order chi connectivity index (χ0) is 28.0. The van der Waals surface area contributed by atoms with Gasteiger partial charge in [0.2, 0.25) is 5.91 Å². The second-order valence-electron chi connectivity index (χ2n) is 11.0. The molecule has 1 aromatic heterocycles. The Kier molecular flexibility index (Phi) is 8.89. The van der Waals surface area contributed by atoms with Crippen molar-refractivity contribution < 1.29 is 14.3 Å². The summed E-state index contributed by atoms with van der Waals surface area (Å²) in [5.41, 5.74) is 3.75. The standard InChI is InChI=1S/C32H39N5O3/c1-32(22-27(32)28-10-6-7-15-33-28)34-16-21-40-23-29(31(39)37-19-17-36(2)18-20-37)35-30(38)26-13-11-25(12-14-26)24-8-4-3-5-9-24/h3-15,27,29,34H,16-23H2,1-2H3,(H,35,38)/t27-,29-,32+/m0/s1. The van der Waals surface area contributed by atoms with Crippen LogP contribution in [0, 0.1) is 0 Å². The molecule has 5 rings (SSSR count). The summed E-state index contributed by atoms with van der Waals surface area (Å²) >= 11 is 0. The molecule has 2 aromatic carbocycles. The molecule has 0 unspecified atom stereocenters. The van der Waals surface area contributed by atoms with Gasteiger partial charge in [0.1, 0.15) is 6.04 Å². The first-order valence-corrected chi connectivity index (χ1v) is 14.1. The first-order valence-electron chi connectivity index (χ1n) is 14.1. The van der Waals surface area contributed by atoms with Crippen molar-refractivity contribution in [3.05, 3.63) is 90.3 Å². The van der Waals surface area contributed by atoms with E-state index in [1.807, 2.05) is 65.7 Å². The number of amides is 2. The minimum absolute atomic E-state index is 0.00684. The molecule has 210 valence electrons. The fourth-order valence-electron chi connectivity index (χ4n) is 5.29. The van der Waals surface area contributed by atoms with Crippen molar-refractivity contribution in [2.24, 2.45) is 0 Å². The summed E-state index contributed by atoms with van der Waals surface area (Å²) in [6, 6.07) is 22.8. The Hall–Kier alpha value is -3.59. The van der Waals surface area contributed by atoms with Crippen LogP contribution in [0.3, 0.4) is 0 Å².